The summed E-state index contributed by atoms with van der Waals surface area (Å²) in [5.41, 5.74) is 0.665. The minimum Gasteiger partial charge on any atom is -0.387 e. The molecule has 1 aliphatic carbocycles. The fraction of sp³-hybridized carbons (Fsp3) is 0.600. The van der Waals surface area contributed by atoms with Gasteiger partial charge >= 0.3 is 0 Å². The molecule has 3 unspecified atom stereocenters. The van der Waals surface area contributed by atoms with Gasteiger partial charge in [0.2, 0.25) is 0 Å². The Morgan fingerprint density at radius 2 is 2.00 bits per heavy atom. The van der Waals surface area contributed by atoms with Crippen molar-refractivity contribution in [2.45, 2.75) is 43.1 Å². The average Bonchev–Trinajstić information content (AvgIpc) is 2.44. The van der Waals surface area contributed by atoms with Gasteiger partial charge < -0.3 is 10.4 Å². The Labute approximate surface area is 131 Å². The van der Waals surface area contributed by atoms with E-state index in [4.69, 9.17) is 11.6 Å². The predicted molar refractivity (Wildman–Crippen MR) is 85.3 cm³/mol. The molecule has 0 amide bonds. The highest BCUT2D eigenvalue weighted by Gasteiger charge is 2.32. The van der Waals surface area contributed by atoms with Crippen LogP contribution >= 0.6 is 11.6 Å². The van der Waals surface area contributed by atoms with Gasteiger partial charge in [-0.3, -0.25) is 0 Å². The van der Waals surface area contributed by atoms with Crippen molar-refractivity contribution in [1.82, 2.24) is 5.32 Å². The van der Waals surface area contributed by atoms with Gasteiger partial charge in [-0.2, -0.15) is 0 Å². The predicted octanol–water partition coefficient (Wildman–Crippen LogP) is 2.32. The number of aliphatic hydroxyl groups excluding tert-OH is 1. The first-order valence-corrected chi connectivity index (χ1v) is 9.57. The molecule has 2 N–H and O–H groups in total. The number of hydrogen-bond acceptors (Lipinski definition) is 4. The molecule has 118 valence electrons. The number of nitrogens with one attached hydrogen (secondary N) is 1. The highest BCUT2D eigenvalue weighted by Crippen LogP contribution is 2.26. The minimum atomic E-state index is -3.07. The zero-order valence-corrected chi connectivity index (χ0v) is 13.7. The third-order valence-electron chi connectivity index (χ3n) is 4.09. The molecule has 2 rings (SSSR count). The molecule has 3 atom stereocenters. The first-order valence-electron chi connectivity index (χ1n) is 7.24. The molecule has 1 aromatic carbocycles. The zero-order valence-electron chi connectivity index (χ0n) is 12.1. The van der Waals surface area contributed by atoms with Crippen LogP contribution in [0.4, 0.5) is 0 Å². The fourth-order valence-electron chi connectivity index (χ4n) is 2.96. The summed E-state index contributed by atoms with van der Waals surface area (Å²) in [6, 6.07) is 7.06. The van der Waals surface area contributed by atoms with Crippen LogP contribution in [0.2, 0.25) is 5.02 Å². The summed E-state index contributed by atoms with van der Waals surface area (Å²) in [5.74, 6) is 0. The normalized spacial score (nSPS) is 24.7. The van der Waals surface area contributed by atoms with E-state index in [9.17, 15) is 13.5 Å². The van der Waals surface area contributed by atoms with Crippen LogP contribution in [0.5, 0.6) is 0 Å². The van der Waals surface area contributed by atoms with Gasteiger partial charge in [-0.25, -0.2) is 8.42 Å². The number of rotatable bonds is 5. The third kappa shape index (κ3) is 4.42. The van der Waals surface area contributed by atoms with E-state index >= 15 is 0 Å². The molecule has 0 bridgehead atoms. The number of benzene rings is 1. The van der Waals surface area contributed by atoms with Gasteiger partial charge in [0, 0.05) is 29.4 Å². The topological polar surface area (TPSA) is 66.4 Å². The standard InChI is InChI=1S/C15H22ClNO3S/c1-21(19,20)15-9-5-4-8-13(15)17-10-14(18)11-6-2-3-7-12(11)16/h2-3,6-7,13-15,17-18H,4-5,8-10H2,1H3. The summed E-state index contributed by atoms with van der Waals surface area (Å²) in [6.07, 6.45) is 4.05. The minimum absolute atomic E-state index is 0.0918. The van der Waals surface area contributed by atoms with Crippen molar-refractivity contribution in [2.75, 3.05) is 12.8 Å². The number of halogens is 1. The van der Waals surface area contributed by atoms with Crippen molar-refractivity contribution in [3.05, 3.63) is 34.9 Å². The zero-order chi connectivity index (χ0) is 15.5. The lowest BCUT2D eigenvalue weighted by molar-refractivity contribution is 0.166. The van der Waals surface area contributed by atoms with Crippen LogP contribution in [-0.4, -0.2) is 37.6 Å². The molecule has 21 heavy (non-hydrogen) atoms. The Bertz CT molecular complexity index is 576. The van der Waals surface area contributed by atoms with Crippen LogP contribution in [-0.2, 0) is 9.84 Å². The first-order chi connectivity index (χ1) is 9.89. The lowest BCUT2D eigenvalue weighted by Crippen LogP contribution is -2.47. The maximum absolute atomic E-state index is 11.8. The van der Waals surface area contributed by atoms with E-state index in [2.05, 4.69) is 5.32 Å². The summed E-state index contributed by atoms with van der Waals surface area (Å²) in [5, 5.41) is 13.6. The summed E-state index contributed by atoms with van der Waals surface area (Å²) < 4.78 is 23.7. The molecule has 0 heterocycles. The van der Waals surface area contributed by atoms with E-state index in [1.165, 1.54) is 6.26 Å². The molecule has 6 heteroatoms. The molecule has 1 fully saturated rings. The van der Waals surface area contributed by atoms with Gasteiger partial charge in [0.25, 0.3) is 0 Å². The van der Waals surface area contributed by atoms with Gasteiger partial charge in [-0.1, -0.05) is 42.6 Å². The highest BCUT2D eigenvalue weighted by atomic mass is 35.5. The maximum Gasteiger partial charge on any atom is 0.151 e. The van der Waals surface area contributed by atoms with Crippen LogP contribution in [0.25, 0.3) is 0 Å². The lowest BCUT2D eigenvalue weighted by atomic mass is 9.94. The van der Waals surface area contributed by atoms with E-state index in [-0.39, 0.29) is 11.3 Å². The van der Waals surface area contributed by atoms with Gasteiger partial charge in [0.05, 0.1) is 11.4 Å². The molecule has 1 aromatic rings. The molecule has 1 aliphatic rings. The summed E-state index contributed by atoms with van der Waals surface area (Å²) >= 11 is 6.06. The second-order valence-corrected chi connectivity index (χ2v) is 8.38. The highest BCUT2D eigenvalue weighted by molar-refractivity contribution is 7.91. The van der Waals surface area contributed by atoms with E-state index in [1.54, 1.807) is 12.1 Å². The van der Waals surface area contributed by atoms with E-state index in [1.807, 2.05) is 12.1 Å². The second-order valence-electron chi connectivity index (χ2n) is 5.70. The molecular weight excluding hydrogens is 310 g/mol. The molecule has 1 saturated carbocycles. The Balaban J connectivity index is 1.99. The van der Waals surface area contributed by atoms with Crippen LogP contribution in [0.3, 0.4) is 0 Å². The monoisotopic (exact) mass is 331 g/mol. The SMILES string of the molecule is CS(=O)(=O)C1CCCCC1NCC(O)c1ccccc1Cl. The molecule has 0 radical (unpaired) electrons. The Morgan fingerprint density at radius 1 is 1.33 bits per heavy atom. The average molecular weight is 332 g/mol. The van der Waals surface area contributed by atoms with Crippen molar-refractivity contribution in [2.24, 2.45) is 0 Å². The number of aliphatic hydroxyl groups is 1. The Morgan fingerprint density at radius 3 is 2.67 bits per heavy atom. The first kappa shape index (κ1) is 16.7. The van der Waals surface area contributed by atoms with Crippen molar-refractivity contribution < 1.29 is 13.5 Å². The largest absolute Gasteiger partial charge is 0.387 e. The molecular formula is C15H22ClNO3S. The van der Waals surface area contributed by atoms with Crippen LogP contribution in [0.1, 0.15) is 37.4 Å². The van der Waals surface area contributed by atoms with Crippen LogP contribution < -0.4 is 5.32 Å². The lowest BCUT2D eigenvalue weighted by Gasteiger charge is -2.31. The second kappa shape index (κ2) is 7.09. The smallest absolute Gasteiger partial charge is 0.151 e. The van der Waals surface area contributed by atoms with Gasteiger partial charge in [-0.05, 0) is 18.9 Å². The molecule has 0 spiro atoms. The molecule has 0 saturated heterocycles. The summed E-state index contributed by atoms with van der Waals surface area (Å²) in [7, 11) is -3.07. The van der Waals surface area contributed by atoms with Gasteiger partial charge in [0.15, 0.2) is 9.84 Å². The van der Waals surface area contributed by atoms with Gasteiger partial charge in [-0.15, -0.1) is 0 Å². The van der Waals surface area contributed by atoms with Crippen LogP contribution in [0, 0.1) is 0 Å². The van der Waals surface area contributed by atoms with Crippen LogP contribution in [0.15, 0.2) is 24.3 Å². The Hall–Kier alpha value is -0.620. The maximum atomic E-state index is 11.8. The van der Waals surface area contributed by atoms with Gasteiger partial charge in [0.1, 0.15) is 0 Å². The molecule has 0 aliphatic heterocycles. The number of hydrogen-bond donors (Lipinski definition) is 2. The van der Waals surface area contributed by atoms with Crippen molar-refractivity contribution in [3.8, 4) is 0 Å². The summed E-state index contributed by atoms with van der Waals surface area (Å²) in [4.78, 5) is 0. The number of sulfone groups is 1. The van der Waals surface area contributed by atoms with Crippen molar-refractivity contribution >= 4 is 21.4 Å². The van der Waals surface area contributed by atoms with Crippen molar-refractivity contribution in [3.63, 3.8) is 0 Å². The van der Waals surface area contributed by atoms with E-state index in [0.717, 1.165) is 19.3 Å². The quantitative estimate of drug-likeness (QED) is 0.869. The van der Waals surface area contributed by atoms with E-state index < -0.39 is 15.9 Å². The van der Waals surface area contributed by atoms with E-state index in [0.29, 0.717) is 23.6 Å². The molecule has 0 aromatic heterocycles. The fourth-order valence-corrected chi connectivity index (χ4v) is 4.65. The van der Waals surface area contributed by atoms with Crippen molar-refractivity contribution in [1.29, 1.82) is 0 Å². The summed E-state index contributed by atoms with van der Waals surface area (Å²) in [6.45, 7) is 0.306. The molecule has 4 nitrogen and oxygen atoms in total. The Kier molecular flexibility index (Phi) is 5.66. The third-order valence-corrected chi connectivity index (χ3v) is 6.10.